The largest absolute Gasteiger partial charge is 0.462 e. The molecular formula is C25H25F2NO6S3. The third-order valence-corrected chi connectivity index (χ3v) is 12.8. The molecule has 0 bridgehead atoms. The lowest BCUT2D eigenvalue weighted by Crippen LogP contribution is -2.19. The number of hydrogen-bond donors (Lipinski definition) is 1. The molecule has 1 aliphatic rings. The Balaban J connectivity index is 1.83. The van der Waals surface area contributed by atoms with Crippen molar-refractivity contribution in [2.75, 3.05) is 11.9 Å². The van der Waals surface area contributed by atoms with Crippen LogP contribution in [0, 0.1) is 25.5 Å². The van der Waals surface area contributed by atoms with Crippen molar-refractivity contribution in [1.82, 2.24) is 0 Å². The number of anilines is 2. The van der Waals surface area contributed by atoms with E-state index in [1.807, 2.05) is 0 Å². The Bertz CT molecular complexity index is 1610. The van der Waals surface area contributed by atoms with Crippen LogP contribution in [-0.4, -0.2) is 29.4 Å². The Kier molecular flexibility index (Phi) is 7.46. The number of aryl methyl sites for hydroxylation is 2. The molecule has 4 rings (SSSR count). The summed E-state index contributed by atoms with van der Waals surface area (Å²) in [6.45, 7) is 4.38. The molecule has 37 heavy (non-hydrogen) atoms. The number of carbonyl (C=O) groups is 1. The molecule has 0 unspecified atom stereocenters. The van der Waals surface area contributed by atoms with Gasteiger partial charge in [0.1, 0.15) is 16.6 Å². The van der Waals surface area contributed by atoms with Gasteiger partial charge in [-0.25, -0.2) is 30.4 Å². The maximum absolute atomic E-state index is 15.0. The summed E-state index contributed by atoms with van der Waals surface area (Å²) in [5, 5.41) is 3.17. The third kappa shape index (κ3) is 4.77. The van der Waals surface area contributed by atoms with E-state index in [1.165, 1.54) is 25.2 Å². The van der Waals surface area contributed by atoms with Crippen molar-refractivity contribution in [2.24, 2.45) is 0 Å². The van der Waals surface area contributed by atoms with Crippen LogP contribution in [0.1, 0.15) is 51.7 Å². The zero-order chi connectivity index (χ0) is 27.1. The van der Waals surface area contributed by atoms with Crippen LogP contribution >= 0.6 is 11.3 Å². The van der Waals surface area contributed by atoms with Gasteiger partial charge in [-0.3, -0.25) is 0 Å². The zero-order valence-electron chi connectivity index (χ0n) is 20.4. The molecule has 3 aromatic rings. The number of ether oxygens (including phenoxy) is 1. The molecule has 0 saturated carbocycles. The van der Waals surface area contributed by atoms with Gasteiger partial charge in [-0.05, 0) is 93.5 Å². The summed E-state index contributed by atoms with van der Waals surface area (Å²) in [6, 6.07) is 4.40. The highest BCUT2D eigenvalue weighted by atomic mass is 33.2. The van der Waals surface area contributed by atoms with Crippen LogP contribution in [-0.2, 0) is 35.3 Å². The molecule has 0 radical (unpaired) electrons. The summed E-state index contributed by atoms with van der Waals surface area (Å²) in [5.74, 6) is -2.11. The number of esters is 1. The van der Waals surface area contributed by atoms with Crippen LogP contribution in [0.25, 0.3) is 0 Å². The van der Waals surface area contributed by atoms with Crippen molar-refractivity contribution in [2.45, 2.75) is 56.2 Å². The fourth-order valence-electron chi connectivity index (χ4n) is 4.40. The van der Waals surface area contributed by atoms with Gasteiger partial charge in [0, 0.05) is 4.88 Å². The first-order valence-corrected chi connectivity index (χ1v) is 15.8. The Hall–Kier alpha value is -2.83. The molecule has 0 fully saturated rings. The summed E-state index contributed by atoms with van der Waals surface area (Å²) in [6.07, 6.45) is 3.24. The lowest BCUT2D eigenvalue weighted by atomic mass is 9.95. The first-order chi connectivity index (χ1) is 17.4. The van der Waals surface area contributed by atoms with Gasteiger partial charge in [-0.2, -0.15) is 0 Å². The predicted octanol–water partition coefficient (Wildman–Crippen LogP) is 5.60. The lowest BCUT2D eigenvalue weighted by Gasteiger charge is -2.16. The van der Waals surface area contributed by atoms with Gasteiger partial charge >= 0.3 is 5.97 Å². The Morgan fingerprint density at radius 2 is 1.65 bits per heavy atom. The number of rotatable bonds is 7. The molecule has 1 aromatic heterocycles. The monoisotopic (exact) mass is 569 g/mol. The molecule has 0 atom stereocenters. The van der Waals surface area contributed by atoms with Gasteiger partial charge in [0.05, 0.1) is 27.6 Å². The molecule has 1 heterocycles. The molecular weight excluding hydrogens is 544 g/mol. The average molecular weight is 570 g/mol. The topological polar surface area (TPSA) is 107 Å². The van der Waals surface area contributed by atoms with Crippen molar-refractivity contribution in [1.29, 1.82) is 0 Å². The van der Waals surface area contributed by atoms with E-state index in [9.17, 15) is 26.0 Å². The zero-order valence-corrected chi connectivity index (χ0v) is 22.8. The minimum Gasteiger partial charge on any atom is -0.462 e. The second kappa shape index (κ2) is 10.1. The van der Waals surface area contributed by atoms with Gasteiger partial charge in [0.15, 0.2) is 0 Å². The molecule has 1 aliphatic carbocycles. The molecule has 0 spiro atoms. The first kappa shape index (κ1) is 27.2. The second-order valence-corrected chi connectivity index (χ2v) is 15.1. The van der Waals surface area contributed by atoms with E-state index in [1.54, 1.807) is 6.92 Å². The summed E-state index contributed by atoms with van der Waals surface area (Å²) < 4.78 is 86.8. The molecule has 1 N–H and O–H groups in total. The number of halogens is 2. The van der Waals surface area contributed by atoms with Crippen LogP contribution in [0.3, 0.4) is 0 Å². The van der Waals surface area contributed by atoms with Crippen LogP contribution in [0.2, 0.25) is 0 Å². The highest BCUT2D eigenvalue weighted by molar-refractivity contribution is 8.67. The highest BCUT2D eigenvalue weighted by Gasteiger charge is 2.37. The van der Waals surface area contributed by atoms with Crippen molar-refractivity contribution in [3.63, 3.8) is 0 Å². The maximum atomic E-state index is 15.0. The average Bonchev–Trinajstić information content (AvgIpc) is 3.19. The van der Waals surface area contributed by atoms with E-state index in [4.69, 9.17) is 4.74 Å². The quantitative estimate of drug-likeness (QED) is 0.291. The predicted molar refractivity (Wildman–Crippen MR) is 137 cm³/mol. The van der Waals surface area contributed by atoms with Crippen LogP contribution in [0.5, 0.6) is 0 Å². The highest BCUT2D eigenvalue weighted by Crippen LogP contribution is 2.42. The Labute approximate surface area is 217 Å². The molecule has 0 aliphatic heterocycles. The first-order valence-electron chi connectivity index (χ1n) is 11.5. The van der Waals surface area contributed by atoms with Gasteiger partial charge in [-0.1, -0.05) is 0 Å². The molecule has 198 valence electrons. The molecule has 12 heteroatoms. The van der Waals surface area contributed by atoms with E-state index in [2.05, 4.69) is 5.32 Å². The van der Waals surface area contributed by atoms with Crippen molar-refractivity contribution >= 4 is 45.7 Å². The summed E-state index contributed by atoms with van der Waals surface area (Å²) in [7, 11) is -10.1. The Morgan fingerprint density at radius 3 is 2.32 bits per heavy atom. The number of hydrogen-bond acceptors (Lipinski definition) is 8. The smallest absolute Gasteiger partial charge is 0.341 e. The van der Waals surface area contributed by atoms with Crippen LogP contribution in [0.15, 0.2) is 40.1 Å². The Morgan fingerprint density at radius 1 is 1.00 bits per heavy atom. The van der Waals surface area contributed by atoms with Crippen molar-refractivity contribution in [3.05, 3.63) is 69.1 Å². The van der Waals surface area contributed by atoms with E-state index in [-0.39, 0.29) is 29.0 Å². The normalized spacial score (nSPS) is 13.8. The molecule has 2 aromatic carbocycles. The van der Waals surface area contributed by atoms with Crippen LogP contribution < -0.4 is 5.32 Å². The van der Waals surface area contributed by atoms with Gasteiger partial charge < -0.3 is 10.1 Å². The lowest BCUT2D eigenvalue weighted by molar-refractivity contribution is 0.0526. The minimum absolute atomic E-state index is 0.0788. The molecule has 0 amide bonds. The van der Waals surface area contributed by atoms with Crippen molar-refractivity contribution < 1.29 is 35.1 Å². The second-order valence-electron chi connectivity index (χ2n) is 8.62. The number of carbonyl (C=O) groups excluding carboxylic acids is 1. The summed E-state index contributed by atoms with van der Waals surface area (Å²) in [4.78, 5) is 12.6. The summed E-state index contributed by atoms with van der Waals surface area (Å²) in [5.41, 5.74) is 0.585. The molecule has 0 saturated heterocycles. The van der Waals surface area contributed by atoms with Crippen molar-refractivity contribution in [3.8, 4) is 0 Å². The van der Waals surface area contributed by atoms with Gasteiger partial charge in [0.25, 0.3) is 17.7 Å². The fourth-order valence-corrected chi connectivity index (χ4v) is 10.1. The molecule has 7 nitrogen and oxygen atoms in total. The van der Waals surface area contributed by atoms with Gasteiger partial charge in [0.2, 0.25) is 0 Å². The number of fused-ring (bicyclic) bond motifs is 1. The summed E-state index contributed by atoms with van der Waals surface area (Å²) >= 11 is 1.27. The SMILES string of the molecule is CCOC(=O)c1c(Nc2c(F)ccc(S(=O)(=O)S(=O)(=O)c3ccc(F)cc3C)c2C)sc2c1CCCC2. The maximum Gasteiger partial charge on any atom is 0.341 e. The fraction of sp³-hybridized carbons (Fsp3) is 0.320. The number of nitrogens with one attached hydrogen (secondary N) is 1. The number of thiophene rings is 1. The standard InChI is InChI=1S/C25H25F2NO6S3/c1-4-34-25(29)22-17-7-5-6-8-19(17)35-24(22)28-23-15(3)21(12-10-18(23)27)37(32,33)36(30,31)20-11-9-16(26)13-14(20)2/h9-13,28H,4-8H2,1-3H3. The van der Waals surface area contributed by atoms with Crippen LogP contribution in [0.4, 0.5) is 19.5 Å². The van der Waals surface area contributed by atoms with E-state index >= 15 is 4.39 Å². The number of benzene rings is 2. The van der Waals surface area contributed by atoms with E-state index in [0.717, 1.165) is 60.0 Å². The van der Waals surface area contributed by atoms with E-state index < -0.39 is 45.1 Å². The third-order valence-electron chi connectivity index (χ3n) is 6.22. The van der Waals surface area contributed by atoms with Gasteiger partial charge in [-0.15, -0.1) is 11.3 Å². The van der Waals surface area contributed by atoms with E-state index in [0.29, 0.717) is 11.4 Å². The minimum atomic E-state index is -5.07.